The highest BCUT2D eigenvalue weighted by Gasteiger charge is 2.32. The van der Waals surface area contributed by atoms with Crippen LogP contribution in [0.25, 0.3) is 0 Å². The molecule has 0 aromatic rings. The molecule has 2 N–H and O–H groups in total. The predicted molar refractivity (Wildman–Crippen MR) is 82.0 cm³/mol. The van der Waals surface area contributed by atoms with Gasteiger partial charge in [0.25, 0.3) is 5.91 Å². The standard InChI is InChI=1S/C16H29N3O2/c1-12-6-4-5-7-15(12)17-16(21)13(2)18-8-10-19(11-9-18)14(3)20/h12-13,15H,4-11H2,1-3H3,(H,17,21)/p+1/t12-,13+,15-/m0/s1. The van der Waals surface area contributed by atoms with Gasteiger partial charge in [-0.1, -0.05) is 19.8 Å². The zero-order chi connectivity index (χ0) is 15.4. The third-order valence-electron chi connectivity index (χ3n) is 5.30. The summed E-state index contributed by atoms with van der Waals surface area (Å²) in [4.78, 5) is 27.0. The van der Waals surface area contributed by atoms with Crippen LogP contribution in [0.2, 0.25) is 0 Å². The van der Waals surface area contributed by atoms with E-state index < -0.39 is 0 Å². The van der Waals surface area contributed by atoms with Crippen molar-refractivity contribution < 1.29 is 14.5 Å². The normalized spacial score (nSPS) is 29.0. The molecular formula is C16H30N3O2+. The lowest BCUT2D eigenvalue weighted by molar-refractivity contribution is -0.918. The van der Waals surface area contributed by atoms with Crippen LogP contribution in [0.4, 0.5) is 0 Å². The molecule has 2 aliphatic rings. The third-order valence-corrected chi connectivity index (χ3v) is 5.30. The largest absolute Gasteiger partial charge is 0.348 e. The van der Waals surface area contributed by atoms with E-state index in [1.807, 2.05) is 11.8 Å². The lowest BCUT2D eigenvalue weighted by Gasteiger charge is -2.36. The first kappa shape index (κ1) is 16.3. The van der Waals surface area contributed by atoms with E-state index in [4.69, 9.17) is 0 Å². The maximum atomic E-state index is 12.5. The zero-order valence-corrected chi connectivity index (χ0v) is 13.7. The fourth-order valence-electron chi connectivity index (χ4n) is 3.57. The number of carbonyl (C=O) groups excluding carboxylic acids is 2. The van der Waals surface area contributed by atoms with Crippen LogP contribution in [-0.4, -0.2) is 55.0 Å². The Morgan fingerprint density at radius 2 is 1.81 bits per heavy atom. The number of amides is 2. The van der Waals surface area contributed by atoms with E-state index in [2.05, 4.69) is 12.2 Å². The van der Waals surface area contributed by atoms with Crippen molar-refractivity contribution in [3.8, 4) is 0 Å². The van der Waals surface area contributed by atoms with Crippen LogP contribution in [-0.2, 0) is 9.59 Å². The fraction of sp³-hybridized carbons (Fsp3) is 0.875. The molecule has 0 aromatic carbocycles. The molecule has 0 spiro atoms. The summed E-state index contributed by atoms with van der Waals surface area (Å²) in [7, 11) is 0. The molecule has 1 saturated heterocycles. The molecule has 5 nitrogen and oxygen atoms in total. The lowest BCUT2D eigenvalue weighted by atomic mass is 9.86. The highest BCUT2D eigenvalue weighted by Crippen LogP contribution is 2.23. The van der Waals surface area contributed by atoms with E-state index in [0.717, 1.165) is 32.6 Å². The van der Waals surface area contributed by atoms with E-state index in [1.165, 1.54) is 24.2 Å². The summed E-state index contributed by atoms with van der Waals surface area (Å²) in [5, 5.41) is 3.26. The number of nitrogens with one attached hydrogen (secondary N) is 2. The Bertz CT molecular complexity index is 378. The number of hydrogen-bond donors (Lipinski definition) is 2. The fourth-order valence-corrected chi connectivity index (χ4v) is 3.57. The van der Waals surface area contributed by atoms with Crippen molar-refractivity contribution >= 4 is 11.8 Å². The number of quaternary nitrogens is 1. The first-order valence-electron chi connectivity index (χ1n) is 8.39. The molecule has 1 aliphatic heterocycles. The predicted octanol–water partition coefficient (Wildman–Crippen LogP) is -0.183. The molecule has 1 heterocycles. The molecule has 0 radical (unpaired) electrons. The molecule has 21 heavy (non-hydrogen) atoms. The van der Waals surface area contributed by atoms with Gasteiger partial charge in [0.2, 0.25) is 5.91 Å². The Balaban J connectivity index is 1.81. The Labute approximate surface area is 128 Å². The summed E-state index contributed by atoms with van der Waals surface area (Å²) in [6.07, 6.45) is 4.87. The van der Waals surface area contributed by atoms with Crippen LogP contribution in [0, 0.1) is 5.92 Å². The molecule has 5 heteroatoms. The van der Waals surface area contributed by atoms with Crippen LogP contribution in [0.1, 0.15) is 46.5 Å². The topological polar surface area (TPSA) is 53.9 Å². The molecule has 1 aliphatic carbocycles. The minimum atomic E-state index is -0.0202. The summed E-state index contributed by atoms with van der Waals surface area (Å²) < 4.78 is 0. The van der Waals surface area contributed by atoms with Crippen LogP contribution in [0.5, 0.6) is 0 Å². The van der Waals surface area contributed by atoms with Crippen molar-refractivity contribution in [3.63, 3.8) is 0 Å². The van der Waals surface area contributed by atoms with E-state index >= 15 is 0 Å². The first-order chi connectivity index (χ1) is 9.99. The Morgan fingerprint density at radius 1 is 1.19 bits per heavy atom. The second-order valence-corrected chi connectivity index (χ2v) is 6.76. The van der Waals surface area contributed by atoms with Gasteiger partial charge in [0.1, 0.15) is 0 Å². The van der Waals surface area contributed by atoms with Gasteiger partial charge in [-0.25, -0.2) is 0 Å². The number of nitrogens with zero attached hydrogens (tertiary/aromatic N) is 1. The molecule has 3 atom stereocenters. The summed E-state index contributed by atoms with van der Waals surface area (Å²) in [6, 6.07) is 0.333. The third kappa shape index (κ3) is 4.19. The van der Waals surface area contributed by atoms with Gasteiger partial charge >= 0.3 is 0 Å². The molecule has 0 unspecified atom stereocenters. The van der Waals surface area contributed by atoms with Gasteiger partial charge in [-0.15, -0.1) is 0 Å². The molecule has 2 amide bonds. The van der Waals surface area contributed by atoms with E-state index in [9.17, 15) is 9.59 Å². The minimum Gasteiger partial charge on any atom is -0.348 e. The van der Waals surface area contributed by atoms with E-state index in [0.29, 0.717) is 12.0 Å². The maximum absolute atomic E-state index is 12.5. The van der Waals surface area contributed by atoms with E-state index in [1.54, 1.807) is 6.92 Å². The van der Waals surface area contributed by atoms with Gasteiger partial charge in [-0.2, -0.15) is 0 Å². The Kier molecular flexibility index (Phi) is 5.62. The number of rotatable bonds is 3. The smallest absolute Gasteiger partial charge is 0.278 e. The molecule has 120 valence electrons. The zero-order valence-electron chi connectivity index (χ0n) is 13.7. The first-order valence-corrected chi connectivity index (χ1v) is 8.39. The van der Waals surface area contributed by atoms with Crippen molar-refractivity contribution in [2.45, 2.75) is 58.5 Å². The van der Waals surface area contributed by atoms with Gasteiger partial charge in [-0.05, 0) is 25.7 Å². The second-order valence-electron chi connectivity index (χ2n) is 6.76. The number of carbonyl (C=O) groups is 2. The summed E-state index contributed by atoms with van der Waals surface area (Å²) >= 11 is 0. The van der Waals surface area contributed by atoms with Gasteiger partial charge in [0.15, 0.2) is 6.04 Å². The summed E-state index contributed by atoms with van der Waals surface area (Å²) in [5.41, 5.74) is 0. The second kappa shape index (κ2) is 7.25. The van der Waals surface area contributed by atoms with Crippen LogP contribution in [0.3, 0.4) is 0 Å². The van der Waals surface area contributed by atoms with Gasteiger partial charge in [0, 0.05) is 13.0 Å². The van der Waals surface area contributed by atoms with E-state index in [-0.39, 0.29) is 17.9 Å². The average molecular weight is 296 g/mol. The average Bonchev–Trinajstić information content (AvgIpc) is 2.49. The Hall–Kier alpha value is -1.10. The van der Waals surface area contributed by atoms with Crippen LogP contribution in [0.15, 0.2) is 0 Å². The van der Waals surface area contributed by atoms with Gasteiger partial charge in [0.05, 0.1) is 26.2 Å². The summed E-state index contributed by atoms with van der Waals surface area (Å²) in [5.74, 6) is 0.918. The molecule has 0 aromatic heterocycles. The number of hydrogen-bond acceptors (Lipinski definition) is 2. The molecule has 2 fully saturated rings. The highest BCUT2D eigenvalue weighted by molar-refractivity contribution is 5.80. The van der Waals surface area contributed by atoms with Crippen LogP contribution >= 0.6 is 0 Å². The van der Waals surface area contributed by atoms with Crippen molar-refractivity contribution in [1.82, 2.24) is 10.2 Å². The molecular weight excluding hydrogens is 266 g/mol. The summed E-state index contributed by atoms with van der Waals surface area (Å²) in [6.45, 7) is 9.15. The van der Waals surface area contributed by atoms with Crippen molar-refractivity contribution in [1.29, 1.82) is 0 Å². The Morgan fingerprint density at radius 3 is 2.38 bits per heavy atom. The monoisotopic (exact) mass is 296 g/mol. The van der Waals surface area contributed by atoms with Gasteiger partial charge < -0.3 is 15.1 Å². The highest BCUT2D eigenvalue weighted by atomic mass is 16.2. The minimum absolute atomic E-state index is 0.0202. The van der Waals surface area contributed by atoms with Crippen LogP contribution < -0.4 is 10.2 Å². The SMILES string of the molecule is CC(=O)N1CC[NH+]([C@H](C)C(=O)N[C@H]2CCCC[C@@H]2C)CC1. The number of piperazine rings is 1. The van der Waals surface area contributed by atoms with Crippen molar-refractivity contribution in [2.75, 3.05) is 26.2 Å². The maximum Gasteiger partial charge on any atom is 0.278 e. The molecule has 1 saturated carbocycles. The molecule has 0 bridgehead atoms. The quantitative estimate of drug-likeness (QED) is 0.759. The lowest BCUT2D eigenvalue weighted by Crippen LogP contribution is -3.19. The van der Waals surface area contributed by atoms with Crippen molar-refractivity contribution in [3.05, 3.63) is 0 Å². The molecule has 2 rings (SSSR count). The van der Waals surface area contributed by atoms with Crippen molar-refractivity contribution in [2.24, 2.45) is 5.92 Å². The van der Waals surface area contributed by atoms with Gasteiger partial charge in [-0.3, -0.25) is 9.59 Å².